The van der Waals surface area contributed by atoms with Crippen LogP contribution in [0.3, 0.4) is 0 Å². The molecule has 1 aromatic rings. The predicted molar refractivity (Wildman–Crippen MR) is 73.3 cm³/mol. The Morgan fingerprint density at radius 3 is 2.88 bits per heavy atom. The summed E-state index contributed by atoms with van der Waals surface area (Å²) < 4.78 is 0. The summed E-state index contributed by atoms with van der Waals surface area (Å²) in [4.78, 5) is 2.62. The lowest BCUT2D eigenvalue weighted by molar-refractivity contribution is 0.207. The molecule has 1 heterocycles. The van der Waals surface area contributed by atoms with Crippen molar-refractivity contribution in [2.45, 2.75) is 38.8 Å². The number of rotatable bonds is 3. The van der Waals surface area contributed by atoms with E-state index in [1.807, 2.05) is 0 Å². The van der Waals surface area contributed by atoms with Gasteiger partial charge in [-0.25, -0.2) is 0 Å². The molecule has 1 fully saturated rings. The average Bonchev–Trinajstić information content (AvgIpc) is 2.55. The van der Waals surface area contributed by atoms with Crippen molar-refractivity contribution in [1.82, 2.24) is 10.2 Å². The Morgan fingerprint density at radius 1 is 1.35 bits per heavy atom. The molecule has 2 atom stereocenters. The van der Waals surface area contributed by atoms with Crippen LogP contribution in [0.4, 0.5) is 0 Å². The zero-order valence-corrected chi connectivity index (χ0v) is 11.0. The Kier molecular flexibility index (Phi) is 4.57. The van der Waals surface area contributed by atoms with Gasteiger partial charge >= 0.3 is 0 Å². The molecule has 2 heteroatoms. The Labute approximate surface area is 105 Å². The first-order valence-corrected chi connectivity index (χ1v) is 6.77. The topological polar surface area (TPSA) is 15.3 Å². The molecule has 1 aliphatic rings. The van der Waals surface area contributed by atoms with E-state index in [-0.39, 0.29) is 0 Å². The minimum atomic E-state index is 0.621. The average molecular weight is 232 g/mol. The minimum Gasteiger partial charge on any atom is -0.313 e. The molecule has 1 aromatic carbocycles. The van der Waals surface area contributed by atoms with Gasteiger partial charge in [0.15, 0.2) is 0 Å². The van der Waals surface area contributed by atoms with Crippen LogP contribution in [0, 0.1) is 0 Å². The van der Waals surface area contributed by atoms with Crippen LogP contribution in [-0.4, -0.2) is 36.6 Å². The molecule has 0 bridgehead atoms. The summed E-state index contributed by atoms with van der Waals surface area (Å²) in [6, 6.07) is 12.1. The van der Waals surface area contributed by atoms with Crippen LogP contribution in [0.1, 0.15) is 25.8 Å². The second-order valence-electron chi connectivity index (χ2n) is 5.24. The highest BCUT2D eigenvalue weighted by Crippen LogP contribution is 2.11. The summed E-state index contributed by atoms with van der Waals surface area (Å²) in [7, 11) is 0. The largest absolute Gasteiger partial charge is 0.313 e. The summed E-state index contributed by atoms with van der Waals surface area (Å²) >= 11 is 0. The van der Waals surface area contributed by atoms with Crippen LogP contribution in [0.2, 0.25) is 0 Å². The van der Waals surface area contributed by atoms with Gasteiger partial charge < -0.3 is 5.32 Å². The summed E-state index contributed by atoms with van der Waals surface area (Å²) in [5.41, 5.74) is 1.45. The third-order valence-corrected chi connectivity index (χ3v) is 3.62. The van der Waals surface area contributed by atoms with Crippen LogP contribution >= 0.6 is 0 Å². The predicted octanol–water partition coefficient (Wildman–Crippen LogP) is 2.30. The van der Waals surface area contributed by atoms with Crippen molar-refractivity contribution in [3.8, 4) is 0 Å². The minimum absolute atomic E-state index is 0.621. The van der Waals surface area contributed by atoms with Gasteiger partial charge in [0, 0.05) is 18.6 Å². The van der Waals surface area contributed by atoms with Gasteiger partial charge in [-0.1, -0.05) is 30.3 Å². The molecule has 2 nitrogen and oxygen atoms in total. The van der Waals surface area contributed by atoms with Gasteiger partial charge in [0.25, 0.3) is 0 Å². The van der Waals surface area contributed by atoms with Gasteiger partial charge in [-0.15, -0.1) is 0 Å². The van der Waals surface area contributed by atoms with E-state index in [1.54, 1.807) is 0 Å². The number of nitrogens with one attached hydrogen (secondary N) is 1. The molecule has 0 amide bonds. The van der Waals surface area contributed by atoms with Crippen LogP contribution in [0.15, 0.2) is 30.3 Å². The highest BCUT2D eigenvalue weighted by molar-refractivity contribution is 5.15. The SMILES string of the molecule is CC1CN(C(C)Cc2ccccc2)CCCN1. The molecular weight excluding hydrogens is 208 g/mol. The number of nitrogens with zero attached hydrogens (tertiary/aromatic N) is 1. The molecule has 1 saturated heterocycles. The Hall–Kier alpha value is -0.860. The summed E-state index contributed by atoms with van der Waals surface area (Å²) in [6.45, 7) is 8.20. The van der Waals surface area contributed by atoms with Crippen LogP contribution in [0.25, 0.3) is 0 Å². The Bertz CT molecular complexity index is 323. The van der Waals surface area contributed by atoms with Gasteiger partial charge in [-0.2, -0.15) is 0 Å². The van der Waals surface area contributed by atoms with Crippen molar-refractivity contribution < 1.29 is 0 Å². The standard InChI is InChI=1S/C15H24N2/c1-13-12-17(10-6-9-16-13)14(2)11-15-7-4-3-5-8-15/h3-5,7-8,13-14,16H,6,9-12H2,1-2H3. The molecule has 0 aromatic heterocycles. The molecule has 17 heavy (non-hydrogen) atoms. The third-order valence-electron chi connectivity index (χ3n) is 3.62. The van der Waals surface area contributed by atoms with Gasteiger partial charge in [0.05, 0.1) is 0 Å². The van der Waals surface area contributed by atoms with Crippen molar-refractivity contribution in [2.24, 2.45) is 0 Å². The maximum absolute atomic E-state index is 3.55. The first kappa shape index (κ1) is 12.6. The summed E-state index contributed by atoms with van der Waals surface area (Å²) in [5.74, 6) is 0. The smallest absolute Gasteiger partial charge is 0.0166 e. The fourth-order valence-corrected chi connectivity index (χ4v) is 2.62. The third kappa shape index (κ3) is 3.83. The van der Waals surface area contributed by atoms with Crippen LogP contribution < -0.4 is 5.32 Å². The molecule has 0 spiro atoms. The number of hydrogen-bond donors (Lipinski definition) is 1. The van der Waals surface area contributed by atoms with E-state index in [9.17, 15) is 0 Å². The first-order chi connectivity index (χ1) is 8.25. The molecule has 1 aliphatic heterocycles. The zero-order chi connectivity index (χ0) is 12.1. The zero-order valence-electron chi connectivity index (χ0n) is 11.0. The molecule has 0 radical (unpaired) electrons. The molecule has 1 N–H and O–H groups in total. The van der Waals surface area contributed by atoms with Gasteiger partial charge in [-0.05, 0) is 45.3 Å². The van der Waals surface area contributed by atoms with Gasteiger partial charge in [-0.3, -0.25) is 4.90 Å². The Balaban J connectivity index is 1.92. The van der Waals surface area contributed by atoms with Crippen molar-refractivity contribution in [3.05, 3.63) is 35.9 Å². The molecule has 0 aliphatic carbocycles. The first-order valence-electron chi connectivity index (χ1n) is 6.77. The molecule has 2 unspecified atom stereocenters. The second-order valence-corrected chi connectivity index (χ2v) is 5.24. The quantitative estimate of drug-likeness (QED) is 0.860. The van der Waals surface area contributed by atoms with E-state index in [1.165, 1.54) is 25.1 Å². The van der Waals surface area contributed by atoms with Crippen molar-refractivity contribution in [3.63, 3.8) is 0 Å². The lowest BCUT2D eigenvalue weighted by Crippen LogP contribution is -2.41. The fourth-order valence-electron chi connectivity index (χ4n) is 2.62. The highest BCUT2D eigenvalue weighted by Gasteiger charge is 2.18. The summed E-state index contributed by atoms with van der Waals surface area (Å²) in [6.07, 6.45) is 2.43. The van der Waals surface area contributed by atoms with Crippen molar-refractivity contribution in [1.29, 1.82) is 0 Å². The van der Waals surface area contributed by atoms with Crippen LogP contribution in [-0.2, 0) is 6.42 Å². The van der Waals surface area contributed by atoms with E-state index in [2.05, 4.69) is 54.4 Å². The highest BCUT2D eigenvalue weighted by atomic mass is 15.2. The molecule has 94 valence electrons. The fraction of sp³-hybridized carbons (Fsp3) is 0.600. The van der Waals surface area contributed by atoms with Crippen molar-refractivity contribution in [2.75, 3.05) is 19.6 Å². The maximum atomic E-state index is 3.55. The van der Waals surface area contributed by atoms with E-state index in [4.69, 9.17) is 0 Å². The van der Waals surface area contributed by atoms with Gasteiger partial charge in [0.2, 0.25) is 0 Å². The Morgan fingerprint density at radius 2 is 2.12 bits per heavy atom. The lowest BCUT2D eigenvalue weighted by atomic mass is 10.1. The second kappa shape index (κ2) is 6.18. The monoisotopic (exact) mass is 232 g/mol. The van der Waals surface area contributed by atoms with E-state index >= 15 is 0 Å². The van der Waals surface area contributed by atoms with Crippen LogP contribution in [0.5, 0.6) is 0 Å². The number of benzene rings is 1. The van der Waals surface area contributed by atoms with E-state index in [0.29, 0.717) is 12.1 Å². The summed E-state index contributed by atoms with van der Waals surface area (Å²) in [5, 5.41) is 3.55. The maximum Gasteiger partial charge on any atom is 0.0166 e. The normalized spacial score (nSPS) is 24.2. The van der Waals surface area contributed by atoms with Crippen molar-refractivity contribution >= 4 is 0 Å². The van der Waals surface area contributed by atoms with Gasteiger partial charge in [0.1, 0.15) is 0 Å². The molecular formula is C15H24N2. The molecule has 2 rings (SSSR count). The molecule has 0 saturated carbocycles. The number of hydrogen-bond acceptors (Lipinski definition) is 2. The van der Waals surface area contributed by atoms with E-state index in [0.717, 1.165) is 13.0 Å². The lowest BCUT2D eigenvalue weighted by Gasteiger charge is -2.29. The van der Waals surface area contributed by atoms with E-state index < -0.39 is 0 Å².